The lowest BCUT2D eigenvalue weighted by Crippen LogP contribution is -2.43. The van der Waals surface area contributed by atoms with Gasteiger partial charge in [0.25, 0.3) is 0 Å². The lowest BCUT2D eigenvalue weighted by Gasteiger charge is -2.16. The van der Waals surface area contributed by atoms with Gasteiger partial charge >= 0.3 is 5.97 Å². The molecule has 6 heteroatoms. The highest BCUT2D eigenvalue weighted by molar-refractivity contribution is 5.86. The van der Waals surface area contributed by atoms with Gasteiger partial charge in [0.05, 0.1) is 13.7 Å². The predicted octanol–water partition coefficient (Wildman–Crippen LogP) is 1.62. The summed E-state index contributed by atoms with van der Waals surface area (Å²) in [6.45, 7) is 1.90. The Hall–Kier alpha value is -2.21. The molecule has 1 amide bonds. The topological polar surface area (TPSA) is 81.7 Å². The van der Waals surface area contributed by atoms with Crippen molar-refractivity contribution in [2.45, 2.75) is 38.8 Å². The van der Waals surface area contributed by atoms with Crippen LogP contribution in [0.2, 0.25) is 0 Å². The van der Waals surface area contributed by atoms with Crippen molar-refractivity contribution in [2.75, 3.05) is 13.7 Å². The van der Waals surface area contributed by atoms with Crippen molar-refractivity contribution in [3.05, 3.63) is 35.9 Å². The van der Waals surface area contributed by atoms with Crippen LogP contribution in [0.3, 0.4) is 0 Å². The Bertz CT molecular complexity index is 515. The molecule has 0 aliphatic rings. The Kier molecular flexibility index (Phi) is 8.60. The summed E-state index contributed by atoms with van der Waals surface area (Å²) in [4.78, 5) is 34.9. The van der Waals surface area contributed by atoms with E-state index in [-0.39, 0.29) is 25.2 Å². The zero-order valence-corrected chi connectivity index (χ0v) is 13.5. The van der Waals surface area contributed by atoms with E-state index in [0.717, 1.165) is 5.56 Å². The maximum absolute atomic E-state index is 11.8. The van der Waals surface area contributed by atoms with Crippen molar-refractivity contribution < 1.29 is 23.9 Å². The lowest BCUT2D eigenvalue weighted by atomic mass is 10.1. The zero-order chi connectivity index (χ0) is 17.1. The highest BCUT2D eigenvalue weighted by Gasteiger charge is 2.22. The van der Waals surface area contributed by atoms with Gasteiger partial charge in [0, 0.05) is 12.8 Å². The molecule has 0 saturated heterocycles. The van der Waals surface area contributed by atoms with Gasteiger partial charge in [-0.2, -0.15) is 0 Å². The summed E-state index contributed by atoms with van der Waals surface area (Å²) >= 11 is 0. The molecule has 1 N–H and O–H groups in total. The number of amides is 1. The van der Waals surface area contributed by atoms with Gasteiger partial charge in [-0.1, -0.05) is 37.3 Å². The van der Waals surface area contributed by atoms with Gasteiger partial charge in [0.2, 0.25) is 5.91 Å². The number of methoxy groups -OCH3 is 1. The van der Waals surface area contributed by atoms with Gasteiger partial charge < -0.3 is 14.8 Å². The van der Waals surface area contributed by atoms with Crippen LogP contribution in [-0.2, 0) is 30.5 Å². The summed E-state index contributed by atoms with van der Waals surface area (Å²) < 4.78 is 9.96. The number of carbonyl (C=O) groups is 3. The van der Waals surface area contributed by atoms with Crippen LogP contribution < -0.4 is 5.32 Å². The number of carbonyl (C=O) groups excluding carboxylic acids is 3. The van der Waals surface area contributed by atoms with Crippen LogP contribution >= 0.6 is 0 Å². The molecule has 1 rings (SSSR count). The Balaban J connectivity index is 2.40. The minimum Gasteiger partial charge on any atom is -0.467 e. The normalized spacial score (nSPS) is 11.6. The molecule has 1 aromatic carbocycles. The molecule has 0 radical (unpaired) electrons. The molecule has 0 fully saturated rings. The molecule has 0 spiro atoms. The van der Waals surface area contributed by atoms with E-state index in [4.69, 9.17) is 4.74 Å². The molecule has 0 bridgehead atoms. The third-order valence-corrected chi connectivity index (χ3v) is 3.27. The predicted molar refractivity (Wildman–Crippen MR) is 84.6 cm³/mol. The van der Waals surface area contributed by atoms with Crippen LogP contribution in [0.4, 0.5) is 0 Å². The average Bonchev–Trinajstić information content (AvgIpc) is 2.58. The summed E-state index contributed by atoms with van der Waals surface area (Å²) in [6.07, 6.45) is 0.854. The number of ketones is 1. The highest BCUT2D eigenvalue weighted by Crippen LogP contribution is 2.04. The first-order valence-electron chi connectivity index (χ1n) is 7.57. The molecule has 0 aliphatic heterocycles. The molecule has 23 heavy (non-hydrogen) atoms. The Morgan fingerprint density at radius 3 is 2.48 bits per heavy atom. The van der Waals surface area contributed by atoms with E-state index in [1.165, 1.54) is 7.11 Å². The number of ether oxygens (including phenoxy) is 2. The highest BCUT2D eigenvalue weighted by atomic mass is 16.5. The molecule has 0 saturated carbocycles. The maximum atomic E-state index is 11.8. The third kappa shape index (κ3) is 7.56. The van der Waals surface area contributed by atoms with Crippen LogP contribution in [0.5, 0.6) is 0 Å². The monoisotopic (exact) mass is 321 g/mol. The summed E-state index contributed by atoms with van der Waals surface area (Å²) in [5.74, 6) is -0.945. The Labute approximate surface area is 136 Å². The second-order valence-electron chi connectivity index (χ2n) is 5.05. The van der Waals surface area contributed by atoms with E-state index in [0.29, 0.717) is 13.0 Å². The SMILES string of the molecule is CCC(=O)CC[C@H](NC(=O)COCc1ccccc1)C(=O)OC. The molecular formula is C17H23NO5. The molecular weight excluding hydrogens is 298 g/mol. The number of hydrogen-bond acceptors (Lipinski definition) is 5. The number of hydrogen-bond donors (Lipinski definition) is 1. The van der Waals surface area contributed by atoms with E-state index in [1.54, 1.807) is 6.92 Å². The van der Waals surface area contributed by atoms with Crippen molar-refractivity contribution in [1.29, 1.82) is 0 Å². The van der Waals surface area contributed by atoms with E-state index in [9.17, 15) is 14.4 Å². The van der Waals surface area contributed by atoms with Crippen molar-refractivity contribution in [3.63, 3.8) is 0 Å². The number of nitrogens with one attached hydrogen (secondary N) is 1. The minimum absolute atomic E-state index is 0.0356. The fourth-order valence-electron chi connectivity index (χ4n) is 1.95. The van der Waals surface area contributed by atoms with Crippen LogP contribution in [0.1, 0.15) is 31.7 Å². The van der Waals surface area contributed by atoms with E-state index in [1.807, 2.05) is 30.3 Å². The van der Waals surface area contributed by atoms with Gasteiger partial charge in [0.1, 0.15) is 18.4 Å². The quantitative estimate of drug-likeness (QED) is 0.662. The standard InChI is InChI=1S/C17H23NO5/c1-3-14(19)9-10-15(17(21)22-2)18-16(20)12-23-11-13-7-5-4-6-8-13/h4-8,15H,3,9-12H2,1-2H3,(H,18,20)/t15-/m0/s1. The first kappa shape index (κ1) is 18.8. The molecule has 1 aromatic rings. The van der Waals surface area contributed by atoms with Crippen molar-refractivity contribution in [2.24, 2.45) is 0 Å². The first-order valence-corrected chi connectivity index (χ1v) is 7.57. The summed E-state index contributed by atoms with van der Waals surface area (Å²) in [7, 11) is 1.25. The zero-order valence-electron chi connectivity index (χ0n) is 13.5. The van der Waals surface area contributed by atoms with Gasteiger partial charge in [-0.25, -0.2) is 4.79 Å². The summed E-state index contributed by atoms with van der Waals surface area (Å²) in [6, 6.07) is 8.63. The minimum atomic E-state index is -0.830. The van der Waals surface area contributed by atoms with Gasteiger partial charge in [0.15, 0.2) is 0 Å². The van der Waals surface area contributed by atoms with Gasteiger partial charge in [-0.3, -0.25) is 9.59 Å². The average molecular weight is 321 g/mol. The number of Topliss-reactive ketones (excluding diaryl/α,β-unsaturated/α-hetero) is 1. The molecule has 1 atom stereocenters. The number of rotatable bonds is 10. The van der Waals surface area contributed by atoms with E-state index >= 15 is 0 Å². The Morgan fingerprint density at radius 2 is 1.87 bits per heavy atom. The van der Waals surface area contributed by atoms with Gasteiger partial charge in [-0.05, 0) is 12.0 Å². The molecule has 0 unspecified atom stereocenters. The van der Waals surface area contributed by atoms with Crippen LogP contribution in [-0.4, -0.2) is 37.4 Å². The first-order chi connectivity index (χ1) is 11.1. The Morgan fingerprint density at radius 1 is 1.17 bits per heavy atom. The van der Waals surface area contributed by atoms with Gasteiger partial charge in [-0.15, -0.1) is 0 Å². The molecule has 0 heterocycles. The molecule has 0 aliphatic carbocycles. The van der Waals surface area contributed by atoms with Crippen LogP contribution in [0.15, 0.2) is 30.3 Å². The molecule has 6 nitrogen and oxygen atoms in total. The largest absolute Gasteiger partial charge is 0.467 e. The number of benzene rings is 1. The summed E-state index contributed by atoms with van der Waals surface area (Å²) in [5.41, 5.74) is 0.957. The number of esters is 1. The molecule has 0 aromatic heterocycles. The van der Waals surface area contributed by atoms with Crippen molar-refractivity contribution >= 4 is 17.7 Å². The molecule has 126 valence electrons. The maximum Gasteiger partial charge on any atom is 0.328 e. The van der Waals surface area contributed by atoms with Crippen molar-refractivity contribution in [3.8, 4) is 0 Å². The van der Waals surface area contributed by atoms with E-state index in [2.05, 4.69) is 10.1 Å². The lowest BCUT2D eigenvalue weighted by molar-refractivity contribution is -0.146. The second kappa shape index (κ2) is 10.5. The fraction of sp³-hybridized carbons (Fsp3) is 0.471. The van der Waals surface area contributed by atoms with Crippen LogP contribution in [0, 0.1) is 0 Å². The van der Waals surface area contributed by atoms with E-state index < -0.39 is 17.9 Å². The van der Waals surface area contributed by atoms with Crippen molar-refractivity contribution in [1.82, 2.24) is 5.32 Å². The smallest absolute Gasteiger partial charge is 0.328 e. The third-order valence-electron chi connectivity index (χ3n) is 3.27. The second-order valence-corrected chi connectivity index (χ2v) is 5.05. The summed E-state index contributed by atoms with van der Waals surface area (Å²) in [5, 5.41) is 2.54. The van der Waals surface area contributed by atoms with Crippen LogP contribution in [0.25, 0.3) is 0 Å². The fourth-order valence-corrected chi connectivity index (χ4v) is 1.95.